The number of anilines is 1. The largest absolute Gasteiger partial charge is 0.333 e. The zero-order valence-electron chi connectivity index (χ0n) is 13.3. The van der Waals surface area contributed by atoms with E-state index in [9.17, 15) is 9.59 Å². The molecular formula is C18H15Cl3N2O2. The molecule has 0 saturated carbocycles. The standard InChI is InChI=1S/C18H15Cl3N2O2/c1-23(17(25)9-8-12-4-2-5-13(19)10-12)11-16(24)22-18-14(20)6-3-7-15(18)21/h2-10H,11H2,1H3,(H,22,24)/b9-8+. The van der Waals surface area contributed by atoms with E-state index in [1.165, 1.54) is 18.0 Å². The second-order valence-electron chi connectivity index (χ2n) is 5.23. The first-order valence-corrected chi connectivity index (χ1v) is 8.43. The van der Waals surface area contributed by atoms with Gasteiger partial charge in [-0.1, -0.05) is 53.0 Å². The Kier molecular flexibility index (Phi) is 6.88. The van der Waals surface area contributed by atoms with E-state index in [1.807, 2.05) is 6.07 Å². The van der Waals surface area contributed by atoms with Crippen LogP contribution in [0.3, 0.4) is 0 Å². The highest BCUT2D eigenvalue weighted by Gasteiger charge is 2.13. The molecule has 0 aliphatic heterocycles. The Hall–Kier alpha value is -2.01. The van der Waals surface area contributed by atoms with Crippen molar-refractivity contribution in [2.45, 2.75) is 0 Å². The van der Waals surface area contributed by atoms with Gasteiger partial charge < -0.3 is 10.2 Å². The second kappa shape index (κ2) is 8.90. The summed E-state index contributed by atoms with van der Waals surface area (Å²) in [6, 6.07) is 12.0. The number of likely N-dealkylation sites (N-methyl/N-ethyl adjacent to an activating group) is 1. The zero-order chi connectivity index (χ0) is 18.4. The first-order chi connectivity index (χ1) is 11.9. The van der Waals surface area contributed by atoms with Gasteiger partial charge in [0.1, 0.15) is 0 Å². The molecule has 2 aromatic rings. The Morgan fingerprint density at radius 1 is 1.08 bits per heavy atom. The minimum Gasteiger partial charge on any atom is -0.333 e. The van der Waals surface area contributed by atoms with Gasteiger partial charge in [0, 0.05) is 18.1 Å². The highest BCUT2D eigenvalue weighted by molar-refractivity contribution is 6.39. The maximum absolute atomic E-state index is 12.1. The number of para-hydroxylation sites is 1. The van der Waals surface area contributed by atoms with Gasteiger partial charge in [-0.25, -0.2) is 0 Å². The summed E-state index contributed by atoms with van der Waals surface area (Å²) in [5.41, 5.74) is 1.12. The predicted octanol–water partition coefficient (Wildman–Crippen LogP) is 4.76. The van der Waals surface area contributed by atoms with Crippen molar-refractivity contribution in [3.63, 3.8) is 0 Å². The van der Waals surface area contributed by atoms with Gasteiger partial charge in [0.05, 0.1) is 22.3 Å². The lowest BCUT2D eigenvalue weighted by molar-refractivity contribution is -0.129. The van der Waals surface area contributed by atoms with E-state index in [4.69, 9.17) is 34.8 Å². The monoisotopic (exact) mass is 396 g/mol. The molecule has 0 heterocycles. The Balaban J connectivity index is 1.95. The zero-order valence-corrected chi connectivity index (χ0v) is 15.6. The van der Waals surface area contributed by atoms with Crippen LogP contribution in [0.1, 0.15) is 5.56 Å². The van der Waals surface area contributed by atoms with E-state index >= 15 is 0 Å². The lowest BCUT2D eigenvalue weighted by Gasteiger charge is -2.15. The van der Waals surface area contributed by atoms with E-state index in [-0.39, 0.29) is 12.5 Å². The number of halogens is 3. The van der Waals surface area contributed by atoms with Crippen LogP contribution in [0.25, 0.3) is 6.08 Å². The fourth-order valence-electron chi connectivity index (χ4n) is 1.99. The molecule has 25 heavy (non-hydrogen) atoms. The highest BCUT2D eigenvalue weighted by atomic mass is 35.5. The van der Waals surface area contributed by atoms with E-state index in [0.717, 1.165) is 5.56 Å². The molecule has 0 saturated heterocycles. The fourth-order valence-corrected chi connectivity index (χ4v) is 2.69. The van der Waals surface area contributed by atoms with Gasteiger partial charge in [-0.15, -0.1) is 0 Å². The molecule has 0 unspecified atom stereocenters. The lowest BCUT2D eigenvalue weighted by Crippen LogP contribution is -2.34. The van der Waals surface area contributed by atoms with Crippen molar-refractivity contribution >= 4 is 58.4 Å². The van der Waals surface area contributed by atoms with Crippen LogP contribution in [0.15, 0.2) is 48.5 Å². The Morgan fingerprint density at radius 2 is 1.72 bits per heavy atom. The third-order valence-corrected chi connectivity index (χ3v) is 4.12. The molecule has 4 nitrogen and oxygen atoms in total. The van der Waals surface area contributed by atoms with Crippen molar-refractivity contribution < 1.29 is 9.59 Å². The van der Waals surface area contributed by atoms with Crippen molar-refractivity contribution in [3.8, 4) is 0 Å². The molecule has 0 atom stereocenters. The normalized spacial score (nSPS) is 10.7. The van der Waals surface area contributed by atoms with Gasteiger partial charge in [0.2, 0.25) is 11.8 Å². The molecule has 2 aromatic carbocycles. The molecule has 0 fully saturated rings. The average Bonchev–Trinajstić information content (AvgIpc) is 2.56. The van der Waals surface area contributed by atoms with Gasteiger partial charge in [-0.3, -0.25) is 9.59 Å². The van der Waals surface area contributed by atoms with Crippen LogP contribution < -0.4 is 5.32 Å². The number of benzene rings is 2. The SMILES string of the molecule is CN(CC(=O)Nc1c(Cl)cccc1Cl)C(=O)/C=C/c1cccc(Cl)c1. The number of nitrogens with one attached hydrogen (secondary N) is 1. The number of hydrogen-bond donors (Lipinski definition) is 1. The summed E-state index contributed by atoms with van der Waals surface area (Å²) >= 11 is 17.9. The number of nitrogens with zero attached hydrogens (tertiary/aromatic N) is 1. The van der Waals surface area contributed by atoms with Crippen molar-refractivity contribution in [3.05, 3.63) is 69.2 Å². The molecule has 0 bridgehead atoms. The summed E-state index contributed by atoms with van der Waals surface area (Å²) in [5, 5.41) is 3.85. The summed E-state index contributed by atoms with van der Waals surface area (Å²) in [4.78, 5) is 25.5. The van der Waals surface area contributed by atoms with Crippen LogP contribution in [-0.4, -0.2) is 30.3 Å². The molecule has 7 heteroatoms. The number of amides is 2. The van der Waals surface area contributed by atoms with Gasteiger partial charge >= 0.3 is 0 Å². The van der Waals surface area contributed by atoms with Crippen molar-refractivity contribution in [1.82, 2.24) is 4.90 Å². The second-order valence-corrected chi connectivity index (χ2v) is 6.48. The number of carbonyl (C=O) groups is 2. The first-order valence-electron chi connectivity index (χ1n) is 7.29. The van der Waals surface area contributed by atoms with Crippen LogP contribution in [0, 0.1) is 0 Å². The van der Waals surface area contributed by atoms with Crippen molar-refractivity contribution in [1.29, 1.82) is 0 Å². The highest BCUT2D eigenvalue weighted by Crippen LogP contribution is 2.29. The fraction of sp³-hybridized carbons (Fsp3) is 0.111. The summed E-state index contributed by atoms with van der Waals surface area (Å²) in [6.07, 6.45) is 3.01. The molecule has 0 aliphatic carbocycles. The molecular weight excluding hydrogens is 383 g/mol. The van der Waals surface area contributed by atoms with Gasteiger partial charge in [0.25, 0.3) is 0 Å². The van der Waals surface area contributed by atoms with E-state index in [0.29, 0.717) is 20.8 Å². The molecule has 2 rings (SSSR count). The number of rotatable bonds is 5. The van der Waals surface area contributed by atoms with Gasteiger partial charge in [-0.2, -0.15) is 0 Å². The summed E-state index contributed by atoms with van der Waals surface area (Å²) < 4.78 is 0. The van der Waals surface area contributed by atoms with Crippen LogP contribution in [-0.2, 0) is 9.59 Å². The third kappa shape index (κ3) is 5.78. The number of hydrogen-bond acceptors (Lipinski definition) is 2. The quantitative estimate of drug-likeness (QED) is 0.740. The number of carbonyl (C=O) groups excluding carboxylic acids is 2. The molecule has 0 aromatic heterocycles. The molecule has 0 aliphatic rings. The maximum atomic E-state index is 12.1. The minimum absolute atomic E-state index is 0.139. The summed E-state index contributed by atoms with van der Waals surface area (Å²) in [6.45, 7) is -0.139. The first kappa shape index (κ1) is 19.3. The predicted molar refractivity (Wildman–Crippen MR) is 103 cm³/mol. The van der Waals surface area contributed by atoms with Crippen LogP contribution in [0.4, 0.5) is 5.69 Å². The Bertz CT molecular complexity index is 801. The van der Waals surface area contributed by atoms with Gasteiger partial charge in [-0.05, 0) is 35.9 Å². The van der Waals surface area contributed by atoms with E-state index in [1.54, 1.807) is 42.5 Å². The topological polar surface area (TPSA) is 49.4 Å². The summed E-state index contributed by atoms with van der Waals surface area (Å²) in [7, 11) is 1.53. The van der Waals surface area contributed by atoms with Crippen molar-refractivity contribution in [2.24, 2.45) is 0 Å². The Labute approximate surface area is 161 Å². The van der Waals surface area contributed by atoms with Gasteiger partial charge in [0.15, 0.2) is 0 Å². The molecule has 130 valence electrons. The molecule has 0 radical (unpaired) electrons. The maximum Gasteiger partial charge on any atom is 0.246 e. The van der Waals surface area contributed by atoms with Crippen LogP contribution >= 0.6 is 34.8 Å². The van der Waals surface area contributed by atoms with E-state index in [2.05, 4.69) is 5.32 Å². The molecule has 2 amide bonds. The van der Waals surface area contributed by atoms with E-state index < -0.39 is 5.91 Å². The smallest absolute Gasteiger partial charge is 0.246 e. The minimum atomic E-state index is -0.401. The van der Waals surface area contributed by atoms with Crippen LogP contribution in [0.5, 0.6) is 0 Å². The Morgan fingerprint density at radius 3 is 2.36 bits per heavy atom. The lowest BCUT2D eigenvalue weighted by atomic mass is 10.2. The molecule has 1 N–H and O–H groups in total. The molecule has 0 spiro atoms. The average molecular weight is 398 g/mol. The van der Waals surface area contributed by atoms with Crippen LogP contribution in [0.2, 0.25) is 15.1 Å². The summed E-state index contributed by atoms with van der Waals surface area (Å²) in [5.74, 6) is -0.720. The third-order valence-electron chi connectivity index (χ3n) is 3.25. The van der Waals surface area contributed by atoms with Crippen molar-refractivity contribution in [2.75, 3.05) is 18.9 Å².